The maximum Gasteiger partial charge on any atom is 0.230 e. The van der Waals surface area contributed by atoms with Gasteiger partial charge in [-0.15, -0.1) is 10.2 Å². The van der Waals surface area contributed by atoms with Crippen molar-refractivity contribution in [2.24, 2.45) is 0 Å². The van der Waals surface area contributed by atoms with Gasteiger partial charge < -0.3 is 14.5 Å². The van der Waals surface area contributed by atoms with Crippen LogP contribution in [0, 0.1) is 0 Å². The number of rotatable bonds is 7. The molecular formula is C9H17N3O2. The van der Waals surface area contributed by atoms with E-state index in [4.69, 9.17) is 9.15 Å². The minimum Gasteiger partial charge on any atom is -0.424 e. The van der Waals surface area contributed by atoms with E-state index in [0.29, 0.717) is 18.3 Å². The fraction of sp³-hybridized carbons (Fsp3) is 0.778. The number of hydrogen-bond donors (Lipinski definition) is 1. The second kappa shape index (κ2) is 6.50. The van der Waals surface area contributed by atoms with Gasteiger partial charge in [0.05, 0.1) is 6.54 Å². The molecule has 0 saturated carbocycles. The van der Waals surface area contributed by atoms with Crippen molar-refractivity contribution in [1.82, 2.24) is 15.5 Å². The molecule has 1 aromatic heterocycles. The Kier molecular flexibility index (Phi) is 5.17. The predicted octanol–water partition coefficient (Wildman–Crippen LogP) is 0.758. The largest absolute Gasteiger partial charge is 0.424 e. The van der Waals surface area contributed by atoms with Crippen molar-refractivity contribution in [3.05, 3.63) is 11.8 Å². The van der Waals surface area contributed by atoms with Crippen LogP contribution in [0.2, 0.25) is 0 Å². The van der Waals surface area contributed by atoms with Crippen LogP contribution in [0.15, 0.2) is 4.42 Å². The first-order valence-corrected chi connectivity index (χ1v) is 4.87. The Labute approximate surface area is 83.9 Å². The maximum atomic E-state index is 5.39. The van der Waals surface area contributed by atoms with E-state index in [9.17, 15) is 0 Å². The van der Waals surface area contributed by atoms with E-state index in [1.807, 2.05) is 6.92 Å². The van der Waals surface area contributed by atoms with Crippen molar-refractivity contribution in [2.75, 3.05) is 20.3 Å². The molecule has 0 aliphatic carbocycles. The second-order valence-corrected chi connectivity index (χ2v) is 2.97. The molecular weight excluding hydrogens is 182 g/mol. The van der Waals surface area contributed by atoms with Crippen molar-refractivity contribution in [3.8, 4) is 0 Å². The van der Waals surface area contributed by atoms with Crippen molar-refractivity contribution in [1.29, 1.82) is 0 Å². The molecule has 0 spiro atoms. The first-order valence-electron chi connectivity index (χ1n) is 4.87. The van der Waals surface area contributed by atoms with Crippen LogP contribution >= 0.6 is 0 Å². The monoisotopic (exact) mass is 199 g/mol. The summed E-state index contributed by atoms with van der Waals surface area (Å²) in [6.45, 7) is 4.32. The maximum absolute atomic E-state index is 5.39. The zero-order valence-corrected chi connectivity index (χ0v) is 8.75. The van der Waals surface area contributed by atoms with Crippen LogP contribution in [0.4, 0.5) is 0 Å². The molecule has 14 heavy (non-hydrogen) atoms. The summed E-state index contributed by atoms with van der Waals surface area (Å²) in [7, 11) is 1.68. The van der Waals surface area contributed by atoms with E-state index >= 15 is 0 Å². The number of aromatic nitrogens is 2. The van der Waals surface area contributed by atoms with E-state index in [1.165, 1.54) is 0 Å². The Bertz CT molecular complexity index is 250. The third-order valence-corrected chi connectivity index (χ3v) is 1.77. The summed E-state index contributed by atoms with van der Waals surface area (Å²) in [5.74, 6) is 1.34. The molecule has 0 fully saturated rings. The van der Waals surface area contributed by atoms with Gasteiger partial charge in [0.25, 0.3) is 0 Å². The van der Waals surface area contributed by atoms with Crippen LogP contribution in [0.5, 0.6) is 0 Å². The highest BCUT2D eigenvalue weighted by molar-refractivity contribution is 4.81. The molecule has 0 unspecified atom stereocenters. The normalized spacial score (nSPS) is 10.7. The van der Waals surface area contributed by atoms with Gasteiger partial charge in [-0.2, -0.15) is 0 Å². The number of nitrogens with one attached hydrogen (secondary N) is 1. The topological polar surface area (TPSA) is 60.2 Å². The Hall–Kier alpha value is -0.940. The predicted molar refractivity (Wildman–Crippen MR) is 51.9 cm³/mol. The zero-order chi connectivity index (χ0) is 10.2. The third-order valence-electron chi connectivity index (χ3n) is 1.77. The van der Waals surface area contributed by atoms with Crippen molar-refractivity contribution >= 4 is 0 Å². The molecule has 0 saturated heterocycles. The molecule has 0 radical (unpaired) electrons. The fourth-order valence-electron chi connectivity index (χ4n) is 1.06. The summed E-state index contributed by atoms with van der Waals surface area (Å²) < 4.78 is 10.3. The first kappa shape index (κ1) is 11.1. The quantitative estimate of drug-likeness (QED) is 0.657. The van der Waals surface area contributed by atoms with Crippen molar-refractivity contribution in [2.45, 2.75) is 26.3 Å². The highest BCUT2D eigenvalue weighted by Crippen LogP contribution is 2.02. The molecule has 80 valence electrons. The van der Waals surface area contributed by atoms with Crippen molar-refractivity contribution in [3.63, 3.8) is 0 Å². The van der Waals surface area contributed by atoms with Gasteiger partial charge in [-0.25, -0.2) is 0 Å². The molecule has 1 aromatic rings. The molecule has 5 heteroatoms. The number of aryl methyl sites for hydroxylation is 1. The van der Waals surface area contributed by atoms with E-state index in [0.717, 1.165) is 26.0 Å². The number of methoxy groups -OCH3 is 1. The van der Waals surface area contributed by atoms with Gasteiger partial charge >= 0.3 is 0 Å². The second-order valence-electron chi connectivity index (χ2n) is 2.97. The Morgan fingerprint density at radius 2 is 2.14 bits per heavy atom. The molecule has 0 amide bonds. The van der Waals surface area contributed by atoms with Crippen LogP contribution in [0.1, 0.15) is 25.1 Å². The smallest absolute Gasteiger partial charge is 0.230 e. The molecule has 1 rings (SSSR count). The highest BCUT2D eigenvalue weighted by Gasteiger charge is 2.04. The SMILES string of the molecule is CCNCc1nnc(CCCOC)o1. The summed E-state index contributed by atoms with van der Waals surface area (Å²) in [5.41, 5.74) is 0. The molecule has 1 heterocycles. The summed E-state index contributed by atoms with van der Waals surface area (Å²) in [5, 5.41) is 11.0. The van der Waals surface area contributed by atoms with Gasteiger partial charge in [0, 0.05) is 20.1 Å². The minimum atomic E-state index is 0.647. The van der Waals surface area contributed by atoms with Crippen LogP contribution in [0.25, 0.3) is 0 Å². The van der Waals surface area contributed by atoms with Gasteiger partial charge in [-0.1, -0.05) is 6.92 Å². The molecule has 0 aromatic carbocycles. The number of nitrogens with zero attached hydrogens (tertiary/aromatic N) is 2. The lowest BCUT2D eigenvalue weighted by molar-refractivity contribution is 0.192. The van der Waals surface area contributed by atoms with Gasteiger partial charge in [0.15, 0.2) is 0 Å². The summed E-state index contributed by atoms with van der Waals surface area (Å²) in [6, 6.07) is 0. The van der Waals surface area contributed by atoms with Crippen LogP contribution in [-0.2, 0) is 17.7 Å². The van der Waals surface area contributed by atoms with Gasteiger partial charge in [-0.05, 0) is 13.0 Å². The van der Waals surface area contributed by atoms with Crippen LogP contribution in [-0.4, -0.2) is 30.5 Å². The van der Waals surface area contributed by atoms with E-state index in [-0.39, 0.29) is 0 Å². The van der Waals surface area contributed by atoms with E-state index in [1.54, 1.807) is 7.11 Å². The first-order chi connectivity index (χ1) is 6.86. The van der Waals surface area contributed by atoms with Gasteiger partial charge in [0.2, 0.25) is 11.8 Å². The molecule has 1 N–H and O–H groups in total. The lowest BCUT2D eigenvalue weighted by Gasteiger charge is -1.95. The van der Waals surface area contributed by atoms with E-state index in [2.05, 4.69) is 15.5 Å². The third kappa shape index (κ3) is 3.85. The van der Waals surface area contributed by atoms with Gasteiger partial charge in [-0.3, -0.25) is 0 Å². The highest BCUT2D eigenvalue weighted by atomic mass is 16.5. The molecule has 5 nitrogen and oxygen atoms in total. The molecule has 0 aliphatic heterocycles. The van der Waals surface area contributed by atoms with E-state index < -0.39 is 0 Å². The van der Waals surface area contributed by atoms with Crippen LogP contribution in [0.3, 0.4) is 0 Å². The standard InChI is InChI=1S/C9H17N3O2/c1-3-10-7-9-12-11-8(14-9)5-4-6-13-2/h10H,3-7H2,1-2H3. The lowest BCUT2D eigenvalue weighted by Crippen LogP contribution is -2.11. The number of hydrogen-bond acceptors (Lipinski definition) is 5. The Morgan fingerprint density at radius 3 is 2.86 bits per heavy atom. The van der Waals surface area contributed by atoms with Crippen LogP contribution < -0.4 is 5.32 Å². The molecule has 0 atom stereocenters. The average molecular weight is 199 g/mol. The van der Waals surface area contributed by atoms with Crippen molar-refractivity contribution < 1.29 is 9.15 Å². The van der Waals surface area contributed by atoms with Gasteiger partial charge in [0.1, 0.15) is 0 Å². The summed E-state index contributed by atoms with van der Waals surface area (Å²) >= 11 is 0. The number of ether oxygens (including phenoxy) is 1. The fourth-order valence-corrected chi connectivity index (χ4v) is 1.06. The molecule has 0 bridgehead atoms. The minimum absolute atomic E-state index is 0.647. The Morgan fingerprint density at radius 1 is 1.36 bits per heavy atom. The summed E-state index contributed by atoms with van der Waals surface area (Å²) in [6.07, 6.45) is 1.70. The molecule has 0 aliphatic rings. The lowest BCUT2D eigenvalue weighted by atomic mass is 10.3. The summed E-state index contributed by atoms with van der Waals surface area (Å²) in [4.78, 5) is 0. The average Bonchev–Trinajstić information content (AvgIpc) is 2.63. The zero-order valence-electron chi connectivity index (χ0n) is 8.75. The Balaban J connectivity index is 2.27.